The minimum atomic E-state index is -0.493. The Morgan fingerprint density at radius 2 is 1.45 bits per heavy atom. The lowest BCUT2D eigenvalue weighted by atomic mass is 10.1. The molecule has 0 aliphatic rings. The van der Waals surface area contributed by atoms with Crippen molar-refractivity contribution in [1.82, 2.24) is 14.8 Å². The number of aryl methyl sites for hydroxylation is 1. The summed E-state index contributed by atoms with van der Waals surface area (Å²) in [5.74, 6) is -0.907. The molecule has 0 unspecified atom stereocenters. The Hall–Kier alpha value is -4.21. The maximum Gasteiger partial charge on any atom is 0.260 e. The van der Waals surface area contributed by atoms with E-state index in [9.17, 15) is 9.59 Å². The van der Waals surface area contributed by atoms with Gasteiger partial charge in [0.05, 0.1) is 32.8 Å². The number of aromatic nitrogens is 3. The van der Waals surface area contributed by atoms with Crippen molar-refractivity contribution in [3.05, 3.63) is 123 Å². The minimum absolute atomic E-state index is 0.140. The smallest absolute Gasteiger partial charge is 0.260 e. The summed E-state index contributed by atoms with van der Waals surface area (Å²) in [6.07, 6.45) is 0. The van der Waals surface area contributed by atoms with Crippen LogP contribution in [0.4, 0.5) is 10.8 Å². The highest BCUT2D eigenvalue weighted by atomic mass is 35.5. The van der Waals surface area contributed by atoms with Crippen LogP contribution in [0.2, 0.25) is 15.2 Å². The highest BCUT2D eigenvalue weighted by Gasteiger charge is 2.23. The van der Waals surface area contributed by atoms with Gasteiger partial charge >= 0.3 is 0 Å². The molecule has 2 amide bonds. The fraction of sp³-hybridized carbons (Fsp3) is 0.0323. The van der Waals surface area contributed by atoms with Crippen molar-refractivity contribution in [3.8, 4) is 16.8 Å². The molecule has 0 aliphatic carbocycles. The highest BCUT2D eigenvalue weighted by Crippen LogP contribution is 2.32. The van der Waals surface area contributed by atoms with E-state index >= 15 is 0 Å². The fourth-order valence-corrected chi connectivity index (χ4v) is 5.96. The molecular weight excluding hydrogens is 613 g/mol. The third-order valence-corrected chi connectivity index (χ3v) is 8.30. The van der Waals surface area contributed by atoms with Crippen LogP contribution in [-0.4, -0.2) is 26.6 Å². The van der Waals surface area contributed by atoms with Crippen LogP contribution < -0.4 is 10.6 Å². The standard InChI is InChI=1S/C31H20Cl3N5O2S/c1-17-27(28(34)39(38-17)22-13-11-21(33)12-14-22)30(41)35-24-5-3-2-4-23(24)29(40)37-31-36-25-15-8-19(16-26(25)42-31)18-6-9-20(32)10-7-18/h2-16H,1H3,(H,35,41)(H,36,37,40). The maximum atomic E-state index is 13.4. The SMILES string of the molecule is Cc1nn(-c2ccc(Cl)cc2)c(Cl)c1C(=O)Nc1ccccc1C(=O)Nc1nc2ccc(-c3ccc(Cl)cc3)cc2s1. The number of carbonyl (C=O) groups excluding carboxylic acids is 2. The number of carbonyl (C=O) groups is 2. The predicted octanol–water partition coefficient (Wildman–Crippen LogP) is 8.92. The van der Waals surface area contributed by atoms with Gasteiger partial charge in [-0.25, -0.2) is 9.67 Å². The molecule has 4 aromatic carbocycles. The quantitative estimate of drug-likeness (QED) is 0.192. The molecule has 208 valence electrons. The first-order valence-electron chi connectivity index (χ1n) is 12.7. The molecule has 0 atom stereocenters. The summed E-state index contributed by atoms with van der Waals surface area (Å²) in [5, 5.41) is 11.9. The third-order valence-electron chi connectivity index (χ3n) is 6.51. The molecule has 7 nitrogen and oxygen atoms in total. The van der Waals surface area contributed by atoms with Crippen molar-refractivity contribution in [2.24, 2.45) is 0 Å². The number of nitrogens with zero attached hydrogens (tertiary/aromatic N) is 3. The number of thiazole rings is 1. The van der Waals surface area contributed by atoms with Crippen molar-refractivity contribution in [3.63, 3.8) is 0 Å². The molecule has 6 aromatic rings. The summed E-state index contributed by atoms with van der Waals surface area (Å²) in [7, 11) is 0. The number of rotatable bonds is 6. The second kappa shape index (κ2) is 11.6. The average molecular weight is 633 g/mol. The number of fused-ring (bicyclic) bond motifs is 1. The van der Waals surface area contributed by atoms with Gasteiger partial charge in [-0.15, -0.1) is 0 Å². The summed E-state index contributed by atoms with van der Waals surface area (Å²) in [6.45, 7) is 1.69. The van der Waals surface area contributed by atoms with Crippen LogP contribution in [-0.2, 0) is 0 Å². The van der Waals surface area contributed by atoms with Gasteiger partial charge in [-0.05, 0) is 78.7 Å². The van der Waals surface area contributed by atoms with Crippen molar-refractivity contribution in [2.75, 3.05) is 10.6 Å². The molecule has 0 saturated heterocycles. The number of hydrogen-bond acceptors (Lipinski definition) is 5. The summed E-state index contributed by atoms with van der Waals surface area (Å²) >= 11 is 20.0. The van der Waals surface area contributed by atoms with Gasteiger partial charge in [-0.2, -0.15) is 5.10 Å². The number of halogens is 3. The Balaban J connectivity index is 1.22. The Bertz CT molecular complexity index is 1970. The van der Waals surface area contributed by atoms with E-state index in [1.807, 2.05) is 42.5 Å². The van der Waals surface area contributed by atoms with E-state index in [-0.39, 0.29) is 16.3 Å². The van der Waals surface area contributed by atoms with E-state index in [0.29, 0.717) is 32.2 Å². The number of hydrogen-bond donors (Lipinski definition) is 2. The van der Waals surface area contributed by atoms with Crippen LogP contribution in [0.3, 0.4) is 0 Å². The number of anilines is 2. The first kappa shape index (κ1) is 27.9. The molecule has 2 aromatic heterocycles. The molecule has 42 heavy (non-hydrogen) atoms. The summed E-state index contributed by atoms with van der Waals surface area (Å²) < 4.78 is 2.38. The zero-order valence-electron chi connectivity index (χ0n) is 21.9. The molecule has 2 N–H and O–H groups in total. The van der Waals surface area contributed by atoms with Crippen molar-refractivity contribution in [2.45, 2.75) is 6.92 Å². The molecule has 2 heterocycles. The van der Waals surface area contributed by atoms with Gasteiger partial charge in [0.1, 0.15) is 10.7 Å². The Labute approximate surface area is 259 Å². The van der Waals surface area contributed by atoms with Gasteiger partial charge in [0.25, 0.3) is 11.8 Å². The largest absolute Gasteiger partial charge is 0.321 e. The normalized spacial score (nSPS) is 11.0. The van der Waals surface area contributed by atoms with E-state index in [0.717, 1.165) is 21.3 Å². The molecule has 0 fully saturated rings. The first-order chi connectivity index (χ1) is 20.3. The van der Waals surface area contributed by atoms with Gasteiger partial charge in [0.2, 0.25) is 0 Å². The zero-order chi connectivity index (χ0) is 29.4. The number of nitrogens with one attached hydrogen (secondary N) is 2. The maximum absolute atomic E-state index is 13.4. The van der Waals surface area contributed by atoms with E-state index in [1.165, 1.54) is 16.0 Å². The van der Waals surface area contributed by atoms with Gasteiger partial charge in [0, 0.05) is 10.0 Å². The number of para-hydroxylation sites is 1. The zero-order valence-corrected chi connectivity index (χ0v) is 24.9. The lowest BCUT2D eigenvalue weighted by Gasteiger charge is -2.10. The molecule has 0 spiro atoms. The average Bonchev–Trinajstić information content (AvgIpc) is 3.52. The van der Waals surface area contributed by atoms with E-state index in [4.69, 9.17) is 34.8 Å². The van der Waals surface area contributed by atoms with Gasteiger partial charge in [0.15, 0.2) is 5.13 Å². The highest BCUT2D eigenvalue weighted by molar-refractivity contribution is 7.22. The van der Waals surface area contributed by atoms with Crippen LogP contribution >= 0.6 is 46.1 Å². The Kier molecular flexibility index (Phi) is 7.70. The molecule has 0 saturated carbocycles. The van der Waals surface area contributed by atoms with Crippen LogP contribution in [0.1, 0.15) is 26.4 Å². The number of benzene rings is 4. The topological polar surface area (TPSA) is 88.9 Å². The molecule has 11 heteroatoms. The molecule has 6 rings (SSSR count). The van der Waals surface area contributed by atoms with E-state index in [1.54, 1.807) is 55.5 Å². The summed E-state index contributed by atoms with van der Waals surface area (Å²) in [5.41, 5.74) is 4.68. The third kappa shape index (κ3) is 5.62. The molecule has 0 bridgehead atoms. The van der Waals surface area contributed by atoms with Gasteiger partial charge in [-0.3, -0.25) is 14.9 Å². The lowest BCUT2D eigenvalue weighted by Crippen LogP contribution is -2.18. The second-order valence-electron chi connectivity index (χ2n) is 9.30. The van der Waals surface area contributed by atoms with E-state index in [2.05, 4.69) is 20.7 Å². The van der Waals surface area contributed by atoms with Gasteiger partial charge < -0.3 is 5.32 Å². The van der Waals surface area contributed by atoms with Crippen molar-refractivity contribution in [1.29, 1.82) is 0 Å². The van der Waals surface area contributed by atoms with Gasteiger partial charge in [-0.1, -0.05) is 76.5 Å². The summed E-state index contributed by atoms with van der Waals surface area (Å²) in [4.78, 5) is 31.3. The molecule has 0 radical (unpaired) electrons. The monoisotopic (exact) mass is 631 g/mol. The van der Waals surface area contributed by atoms with E-state index < -0.39 is 11.8 Å². The van der Waals surface area contributed by atoms with Crippen LogP contribution in [0.25, 0.3) is 27.0 Å². The van der Waals surface area contributed by atoms with Crippen molar-refractivity contribution >= 4 is 79.0 Å². The second-order valence-corrected chi connectivity index (χ2v) is 11.6. The van der Waals surface area contributed by atoms with Crippen molar-refractivity contribution < 1.29 is 9.59 Å². The predicted molar refractivity (Wildman–Crippen MR) is 171 cm³/mol. The summed E-state index contributed by atoms with van der Waals surface area (Å²) in [6, 6.07) is 27.2. The Morgan fingerprint density at radius 3 is 2.19 bits per heavy atom. The molecule has 0 aliphatic heterocycles. The first-order valence-corrected chi connectivity index (χ1v) is 14.6. The van der Waals surface area contributed by atoms with Crippen LogP contribution in [0.5, 0.6) is 0 Å². The van der Waals surface area contributed by atoms with Crippen LogP contribution in [0.15, 0.2) is 91.0 Å². The number of amides is 2. The molecular formula is C31H20Cl3N5O2S. The van der Waals surface area contributed by atoms with Crippen LogP contribution in [0, 0.1) is 6.92 Å². The minimum Gasteiger partial charge on any atom is -0.321 e. The Morgan fingerprint density at radius 1 is 0.786 bits per heavy atom. The lowest BCUT2D eigenvalue weighted by molar-refractivity contribution is 0.102. The fourth-order valence-electron chi connectivity index (χ4n) is 4.45.